The molecule has 1 spiro atoms. The second-order valence-electron chi connectivity index (χ2n) is 8.63. The largest absolute Gasteiger partial charge is 0.302 e. The zero-order valence-electron chi connectivity index (χ0n) is 15.5. The zero-order chi connectivity index (χ0) is 16.8. The monoisotopic (exact) mass is 319 g/mol. The van der Waals surface area contributed by atoms with E-state index in [9.17, 15) is 4.79 Å². The molecule has 3 rings (SSSR count). The first-order chi connectivity index (χ1) is 10.9. The van der Waals surface area contributed by atoms with Crippen LogP contribution in [0.2, 0.25) is 0 Å². The second kappa shape index (κ2) is 6.19. The molecule has 3 aliphatic rings. The first-order valence-corrected chi connectivity index (χ1v) is 9.50. The van der Waals surface area contributed by atoms with E-state index in [0.717, 1.165) is 38.3 Å². The summed E-state index contributed by atoms with van der Waals surface area (Å²) in [7, 11) is 0. The Kier molecular flexibility index (Phi) is 4.56. The summed E-state index contributed by atoms with van der Waals surface area (Å²) in [6.07, 6.45) is 3.00. The van der Waals surface area contributed by atoms with E-state index in [1.54, 1.807) is 0 Å². The Morgan fingerprint density at radius 1 is 1.17 bits per heavy atom. The maximum Gasteiger partial charge on any atom is 0.256 e. The molecule has 1 amide bonds. The fourth-order valence-corrected chi connectivity index (χ4v) is 4.97. The van der Waals surface area contributed by atoms with Crippen LogP contribution in [-0.2, 0) is 4.79 Å². The van der Waals surface area contributed by atoms with Gasteiger partial charge in [-0.15, -0.1) is 0 Å². The molecule has 23 heavy (non-hydrogen) atoms. The van der Waals surface area contributed by atoms with Crippen molar-refractivity contribution in [2.24, 2.45) is 28.7 Å². The molecule has 4 heteroatoms. The van der Waals surface area contributed by atoms with Crippen LogP contribution in [0.1, 0.15) is 53.9 Å². The van der Waals surface area contributed by atoms with Gasteiger partial charge in [0.05, 0.1) is 0 Å². The number of fused-ring (bicyclic) bond motifs is 2. The van der Waals surface area contributed by atoms with E-state index in [1.165, 1.54) is 13.0 Å². The van der Waals surface area contributed by atoms with Crippen LogP contribution in [0, 0.1) is 23.7 Å². The highest BCUT2D eigenvalue weighted by molar-refractivity contribution is 6.08. The molecule has 130 valence electrons. The third-order valence-electron chi connectivity index (χ3n) is 5.77. The highest BCUT2D eigenvalue weighted by atomic mass is 16.2. The lowest BCUT2D eigenvalue weighted by molar-refractivity contribution is -0.132. The molecule has 3 atom stereocenters. The van der Waals surface area contributed by atoms with Crippen LogP contribution in [0.15, 0.2) is 4.99 Å². The van der Waals surface area contributed by atoms with E-state index in [-0.39, 0.29) is 0 Å². The summed E-state index contributed by atoms with van der Waals surface area (Å²) in [4.78, 5) is 23.0. The first-order valence-electron chi connectivity index (χ1n) is 9.50. The molecule has 2 fully saturated rings. The minimum absolute atomic E-state index is 0.307. The number of hydrogen-bond acceptors (Lipinski definition) is 3. The van der Waals surface area contributed by atoms with Crippen molar-refractivity contribution < 1.29 is 4.79 Å². The van der Waals surface area contributed by atoms with Gasteiger partial charge in [0.25, 0.3) is 5.91 Å². The van der Waals surface area contributed by atoms with Gasteiger partial charge in [0.2, 0.25) is 0 Å². The lowest BCUT2D eigenvalue weighted by Crippen LogP contribution is -2.47. The maximum atomic E-state index is 13.3. The minimum Gasteiger partial charge on any atom is -0.302 e. The molecule has 0 aromatic heterocycles. The van der Waals surface area contributed by atoms with Crippen molar-refractivity contribution in [1.82, 2.24) is 9.80 Å². The number of amides is 1. The summed E-state index contributed by atoms with van der Waals surface area (Å²) in [6, 6.07) is 0. The molecule has 2 aliphatic heterocycles. The molecule has 1 saturated carbocycles. The standard InChI is InChI=1S/C19H33N3O/c1-6-17-20-19(18(23)22(17)10-14(4)5)8-7-15-11-21(9-13(2)3)12-16(15)19/h13-16H,6-12H2,1-5H3/t15-,16+,19-/m1/s1. The van der Waals surface area contributed by atoms with Gasteiger partial charge < -0.3 is 4.90 Å². The maximum absolute atomic E-state index is 13.3. The Balaban J connectivity index is 1.82. The summed E-state index contributed by atoms with van der Waals surface area (Å²) in [5.74, 6) is 3.62. The van der Waals surface area contributed by atoms with Gasteiger partial charge in [0.1, 0.15) is 11.4 Å². The summed E-state index contributed by atoms with van der Waals surface area (Å²) in [5.41, 5.74) is -0.420. The van der Waals surface area contributed by atoms with Gasteiger partial charge >= 0.3 is 0 Å². The molecule has 4 nitrogen and oxygen atoms in total. The first kappa shape index (κ1) is 16.9. The molecule has 1 aliphatic carbocycles. The SMILES string of the molecule is CCC1=N[C@@]2(CC[C@@H]3CN(CC(C)C)C[C@@H]32)C(=O)N1CC(C)C. The van der Waals surface area contributed by atoms with E-state index in [0.29, 0.717) is 29.6 Å². The van der Waals surface area contributed by atoms with Crippen LogP contribution < -0.4 is 0 Å². The third kappa shape index (κ3) is 2.84. The molecular formula is C19H33N3O. The van der Waals surface area contributed by atoms with Gasteiger partial charge in [0, 0.05) is 38.5 Å². The van der Waals surface area contributed by atoms with Crippen molar-refractivity contribution in [2.75, 3.05) is 26.2 Å². The van der Waals surface area contributed by atoms with Gasteiger partial charge in [-0.2, -0.15) is 0 Å². The number of likely N-dealkylation sites (tertiary alicyclic amines) is 1. The molecule has 0 aromatic carbocycles. The average molecular weight is 319 g/mol. The highest BCUT2D eigenvalue weighted by Gasteiger charge is 2.60. The van der Waals surface area contributed by atoms with E-state index in [1.807, 2.05) is 4.90 Å². The van der Waals surface area contributed by atoms with Gasteiger partial charge in [-0.3, -0.25) is 14.7 Å². The fraction of sp³-hybridized carbons (Fsp3) is 0.895. The summed E-state index contributed by atoms with van der Waals surface area (Å²) >= 11 is 0. The van der Waals surface area contributed by atoms with Crippen LogP contribution in [0.3, 0.4) is 0 Å². The van der Waals surface area contributed by atoms with Crippen molar-refractivity contribution in [3.63, 3.8) is 0 Å². The van der Waals surface area contributed by atoms with E-state index in [4.69, 9.17) is 4.99 Å². The summed E-state index contributed by atoms with van der Waals surface area (Å²) < 4.78 is 0. The van der Waals surface area contributed by atoms with Crippen molar-refractivity contribution >= 4 is 11.7 Å². The van der Waals surface area contributed by atoms with Crippen molar-refractivity contribution in [3.05, 3.63) is 0 Å². The van der Waals surface area contributed by atoms with Crippen LogP contribution in [-0.4, -0.2) is 53.3 Å². The Hall–Kier alpha value is -0.900. The van der Waals surface area contributed by atoms with E-state index >= 15 is 0 Å². The number of aliphatic imine (C=N–C) groups is 1. The summed E-state index contributed by atoms with van der Waals surface area (Å²) in [6.45, 7) is 15.3. The molecule has 2 heterocycles. The number of hydrogen-bond donors (Lipinski definition) is 0. The second-order valence-corrected chi connectivity index (χ2v) is 8.63. The Labute approximate surface area is 141 Å². The minimum atomic E-state index is -0.420. The summed E-state index contributed by atoms with van der Waals surface area (Å²) in [5, 5.41) is 0. The predicted octanol–water partition coefficient (Wildman–Crippen LogP) is 3.03. The normalized spacial score (nSPS) is 34.3. The lowest BCUT2D eigenvalue weighted by atomic mass is 9.84. The van der Waals surface area contributed by atoms with Gasteiger partial charge in [-0.25, -0.2) is 0 Å². The number of carbonyl (C=O) groups excluding carboxylic acids is 1. The number of rotatable bonds is 5. The van der Waals surface area contributed by atoms with Gasteiger partial charge in [-0.1, -0.05) is 34.6 Å². The Morgan fingerprint density at radius 2 is 1.87 bits per heavy atom. The topological polar surface area (TPSA) is 35.9 Å². The zero-order valence-corrected chi connectivity index (χ0v) is 15.5. The van der Waals surface area contributed by atoms with Gasteiger partial charge in [-0.05, 0) is 30.6 Å². The van der Waals surface area contributed by atoms with Crippen LogP contribution in [0.4, 0.5) is 0 Å². The van der Waals surface area contributed by atoms with Crippen molar-refractivity contribution in [3.8, 4) is 0 Å². The lowest BCUT2D eigenvalue weighted by Gasteiger charge is -2.29. The van der Waals surface area contributed by atoms with Crippen LogP contribution in [0.25, 0.3) is 0 Å². The molecule has 0 radical (unpaired) electrons. The number of carbonyl (C=O) groups is 1. The van der Waals surface area contributed by atoms with Crippen molar-refractivity contribution in [2.45, 2.75) is 59.4 Å². The number of nitrogens with zero attached hydrogens (tertiary/aromatic N) is 3. The Bertz CT molecular complexity index is 499. The van der Waals surface area contributed by atoms with E-state index < -0.39 is 5.54 Å². The average Bonchev–Trinajstić information content (AvgIpc) is 3.07. The molecule has 0 unspecified atom stereocenters. The predicted molar refractivity (Wildman–Crippen MR) is 94.5 cm³/mol. The van der Waals surface area contributed by atoms with Crippen molar-refractivity contribution in [1.29, 1.82) is 0 Å². The highest BCUT2D eigenvalue weighted by Crippen LogP contribution is 2.50. The number of amidine groups is 1. The van der Waals surface area contributed by atoms with Crippen LogP contribution >= 0.6 is 0 Å². The van der Waals surface area contributed by atoms with Crippen LogP contribution in [0.5, 0.6) is 0 Å². The van der Waals surface area contributed by atoms with Gasteiger partial charge in [0.15, 0.2) is 0 Å². The Morgan fingerprint density at radius 3 is 2.48 bits per heavy atom. The molecule has 0 bridgehead atoms. The molecular weight excluding hydrogens is 286 g/mol. The third-order valence-corrected chi connectivity index (χ3v) is 5.77. The molecule has 1 saturated heterocycles. The smallest absolute Gasteiger partial charge is 0.256 e. The quantitative estimate of drug-likeness (QED) is 0.781. The van der Waals surface area contributed by atoms with E-state index in [2.05, 4.69) is 39.5 Å². The molecule has 0 N–H and O–H groups in total. The molecule has 0 aromatic rings. The fourth-order valence-electron chi connectivity index (χ4n) is 4.97.